The fourth-order valence-corrected chi connectivity index (χ4v) is 4.63. The first-order valence-corrected chi connectivity index (χ1v) is 10.4. The van der Waals surface area contributed by atoms with Gasteiger partial charge in [0.05, 0.1) is 5.56 Å². The van der Waals surface area contributed by atoms with E-state index in [9.17, 15) is 22.8 Å². The highest BCUT2D eigenvalue weighted by Crippen LogP contribution is 2.40. The van der Waals surface area contributed by atoms with Gasteiger partial charge in [-0.25, -0.2) is 9.78 Å². The Balaban J connectivity index is 1.64. The van der Waals surface area contributed by atoms with Crippen LogP contribution in [0.1, 0.15) is 45.6 Å². The average Bonchev–Trinajstić information content (AvgIpc) is 3.21. The van der Waals surface area contributed by atoms with Crippen LogP contribution in [0.15, 0.2) is 18.3 Å². The minimum Gasteiger partial charge on any atom is -0.465 e. The molecule has 3 rings (SSSR count). The molecule has 0 radical (unpaired) electrons. The number of nitrogens with one attached hydrogen (secondary N) is 2. The molecule has 1 saturated carbocycles. The van der Waals surface area contributed by atoms with Crippen LogP contribution in [0, 0.1) is 17.3 Å². The first-order chi connectivity index (χ1) is 14.3. The molecule has 4 atom stereocenters. The molecule has 10 heteroatoms. The molecular formula is C21H29F3N4O3. The summed E-state index contributed by atoms with van der Waals surface area (Å²) < 4.78 is 38.3. The van der Waals surface area contributed by atoms with Crippen molar-refractivity contribution < 1.29 is 27.9 Å². The van der Waals surface area contributed by atoms with Crippen molar-refractivity contribution in [2.75, 3.05) is 18.0 Å². The van der Waals surface area contributed by atoms with Gasteiger partial charge in [0, 0.05) is 31.2 Å². The maximum Gasteiger partial charge on any atom is 0.417 e. The number of halogens is 3. The number of carbonyl (C=O) groups is 2. The summed E-state index contributed by atoms with van der Waals surface area (Å²) in [5, 5.41) is 14.4. The summed E-state index contributed by atoms with van der Waals surface area (Å²) in [7, 11) is 0. The van der Waals surface area contributed by atoms with Crippen LogP contribution in [0.4, 0.5) is 23.8 Å². The van der Waals surface area contributed by atoms with E-state index in [1.165, 1.54) is 6.07 Å². The van der Waals surface area contributed by atoms with E-state index in [0.717, 1.165) is 25.1 Å². The summed E-state index contributed by atoms with van der Waals surface area (Å²) in [6, 6.07) is 1.47. The second-order valence-corrected chi connectivity index (χ2v) is 9.69. The minimum atomic E-state index is -4.42. The van der Waals surface area contributed by atoms with Crippen LogP contribution in [0.25, 0.3) is 0 Å². The Morgan fingerprint density at radius 3 is 2.48 bits per heavy atom. The van der Waals surface area contributed by atoms with Crippen molar-refractivity contribution in [2.45, 2.75) is 58.3 Å². The number of rotatable bonds is 5. The Labute approximate surface area is 179 Å². The van der Waals surface area contributed by atoms with Gasteiger partial charge in [-0.15, -0.1) is 0 Å². The molecule has 1 aliphatic heterocycles. The third kappa shape index (κ3) is 5.80. The van der Waals surface area contributed by atoms with Gasteiger partial charge in [-0.05, 0) is 42.7 Å². The highest BCUT2D eigenvalue weighted by molar-refractivity contribution is 5.85. The van der Waals surface area contributed by atoms with Crippen molar-refractivity contribution in [1.29, 1.82) is 0 Å². The van der Waals surface area contributed by atoms with Crippen LogP contribution >= 0.6 is 0 Å². The molecule has 2 amide bonds. The van der Waals surface area contributed by atoms with Crippen LogP contribution in [-0.2, 0) is 11.0 Å². The summed E-state index contributed by atoms with van der Waals surface area (Å²) in [6.45, 7) is 7.08. The molecule has 3 N–H and O–H groups in total. The molecule has 2 aliphatic rings. The van der Waals surface area contributed by atoms with Crippen LogP contribution in [0.2, 0.25) is 0 Å². The number of alkyl halides is 3. The molecule has 0 spiro atoms. The molecule has 0 bridgehead atoms. The topological polar surface area (TPSA) is 94.6 Å². The molecule has 1 aromatic rings. The van der Waals surface area contributed by atoms with E-state index in [2.05, 4.69) is 15.6 Å². The molecular weight excluding hydrogens is 413 g/mol. The third-order valence-electron chi connectivity index (χ3n) is 6.01. The van der Waals surface area contributed by atoms with Gasteiger partial charge in [-0.1, -0.05) is 20.8 Å². The SMILES string of the molecule is CC(C)(C)CC(NC(=O)O)C(=O)N[C@H]1CC[C@@H]2CN(c3ccc(C(F)(F)F)cn3)C[C@@H]21. The molecule has 7 nitrogen and oxygen atoms in total. The zero-order valence-electron chi connectivity index (χ0n) is 17.9. The Hall–Kier alpha value is -2.52. The van der Waals surface area contributed by atoms with Crippen molar-refractivity contribution in [3.05, 3.63) is 23.9 Å². The fourth-order valence-electron chi connectivity index (χ4n) is 4.63. The lowest BCUT2D eigenvalue weighted by Crippen LogP contribution is -2.51. The van der Waals surface area contributed by atoms with Gasteiger partial charge < -0.3 is 20.6 Å². The van der Waals surface area contributed by atoms with Gasteiger partial charge in [0.2, 0.25) is 5.91 Å². The Morgan fingerprint density at radius 2 is 1.94 bits per heavy atom. The number of amides is 2. The Bertz CT molecular complexity index is 808. The van der Waals surface area contributed by atoms with E-state index in [-0.39, 0.29) is 23.3 Å². The van der Waals surface area contributed by atoms with Crippen molar-refractivity contribution in [3.8, 4) is 0 Å². The van der Waals surface area contributed by atoms with Gasteiger partial charge in [-0.2, -0.15) is 13.2 Å². The van der Waals surface area contributed by atoms with Crippen LogP contribution in [-0.4, -0.2) is 47.3 Å². The molecule has 172 valence electrons. The number of pyridine rings is 1. The second kappa shape index (κ2) is 8.55. The molecule has 1 unspecified atom stereocenters. The summed E-state index contributed by atoms with van der Waals surface area (Å²) >= 11 is 0. The minimum absolute atomic E-state index is 0.102. The number of anilines is 1. The predicted molar refractivity (Wildman–Crippen MR) is 109 cm³/mol. The van der Waals surface area contributed by atoms with E-state index < -0.39 is 23.9 Å². The number of carbonyl (C=O) groups excluding carboxylic acids is 1. The summed E-state index contributed by atoms with van der Waals surface area (Å²) in [5.74, 6) is 0.607. The van der Waals surface area contributed by atoms with Gasteiger partial charge >= 0.3 is 12.3 Å². The van der Waals surface area contributed by atoms with Crippen molar-refractivity contribution in [2.24, 2.45) is 17.3 Å². The zero-order valence-corrected chi connectivity index (χ0v) is 17.9. The number of hydrogen-bond donors (Lipinski definition) is 3. The van der Waals surface area contributed by atoms with Crippen LogP contribution in [0.5, 0.6) is 0 Å². The van der Waals surface area contributed by atoms with Gasteiger partial charge in [-0.3, -0.25) is 4.79 Å². The lowest BCUT2D eigenvalue weighted by atomic mass is 9.87. The lowest BCUT2D eigenvalue weighted by Gasteiger charge is -2.28. The normalized spacial score (nSPS) is 24.6. The largest absolute Gasteiger partial charge is 0.465 e. The molecule has 1 aliphatic carbocycles. The first kappa shape index (κ1) is 23.1. The number of nitrogens with zero attached hydrogens (tertiary/aromatic N) is 2. The maximum absolute atomic E-state index is 12.8. The van der Waals surface area contributed by atoms with E-state index >= 15 is 0 Å². The van der Waals surface area contributed by atoms with Crippen molar-refractivity contribution >= 4 is 17.8 Å². The van der Waals surface area contributed by atoms with Gasteiger partial charge in [0.15, 0.2) is 0 Å². The first-order valence-electron chi connectivity index (χ1n) is 10.4. The molecule has 2 fully saturated rings. The third-order valence-corrected chi connectivity index (χ3v) is 6.01. The zero-order chi connectivity index (χ0) is 23.0. The van der Waals surface area contributed by atoms with E-state index in [4.69, 9.17) is 5.11 Å². The Morgan fingerprint density at radius 1 is 1.23 bits per heavy atom. The standard InChI is InChI=1S/C21H29F3N4O3/c1-20(2,3)8-16(27-19(30)31)18(29)26-15-6-4-12-10-28(11-14(12)15)17-7-5-13(9-25-17)21(22,23)24/h5,7,9,12,14-16,27H,4,6,8,10-11H2,1-3H3,(H,26,29)(H,30,31)/t12-,14+,15+,16?/m1/s1. The summed E-state index contributed by atoms with van der Waals surface area (Å²) in [4.78, 5) is 29.9. The van der Waals surface area contributed by atoms with Crippen LogP contribution in [0.3, 0.4) is 0 Å². The van der Waals surface area contributed by atoms with E-state index in [0.29, 0.717) is 31.2 Å². The highest BCUT2D eigenvalue weighted by Gasteiger charge is 2.44. The van der Waals surface area contributed by atoms with Crippen LogP contribution < -0.4 is 15.5 Å². The monoisotopic (exact) mass is 442 g/mol. The number of hydrogen-bond acceptors (Lipinski definition) is 4. The van der Waals surface area contributed by atoms with Crippen molar-refractivity contribution in [1.82, 2.24) is 15.6 Å². The highest BCUT2D eigenvalue weighted by atomic mass is 19.4. The van der Waals surface area contributed by atoms with Gasteiger partial charge in [0.25, 0.3) is 0 Å². The van der Waals surface area contributed by atoms with Gasteiger partial charge in [0.1, 0.15) is 11.9 Å². The fraction of sp³-hybridized carbons (Fsp3) is 0.667. The molecule has 2 heterocycles. The average molecular weight is 442 g/mol. The number of aromatic nitrogens is 1. The quantitative estimate of drug-likeness (QED) is 0.649. The molecule has 1 aromatic heterocycles. The maximum atomic E-state index is 12.8. The van der Waals surface area contributed by atoms with E-state index in [1.54, 1.807) is 0 Å². The summed E-state index contributed by atoms with van der Waals surface area (Å²) in [5.41, 5.74) is -1.02. The lowest BCUT2D eigenvalue weighted by molar-refractivity contribution is -0.137. The second-order valence-electron chi connectivity index (χ2n) is 9.69. The van der Waals surface area contributed by atoms with Crippen molar-refractivity contribution in [3.63, 3.8) is 0 Å². The summed E-state index contributed by atoms with van der Waals surface area (Å²) in [6.07, 6.45) is -2.76. The molecule has 1 saturated heterocycles. The Kier molecular flexibility index (Phi) is 6.38. The smallest absolute Gasteiger partial charge is 0.417 e. The molecule has 0 aromatic carbocycles. The van der Waals surface area contributed by atoms with E-state index in [1.807, 2.05) is 25.7 Å². The predicted octanol–water partition coefficient (Wildman–Crippen LogP) is 3.50. The molecule has 31 heavy (non-hydrogen) atoms. The number of fused-ring (bicyclic) bond motifs is 1. The number of carboxylic acid groups (broad SMARTS) is 1.